The number of aryl methyl sites for hydroxylation is 1. The maximum Gasteiger partial charge on any atom is 0.243 e. The molecule has 0 aliphatic carbocycles. The summed E-state index contributed by atoms with van der Waals surface area (Å²) in [7, 11) is 0. The number of rotatable bonds is 4. The van der Waals surface area contributed by atoms with Gasteiger partial charge in [-0.2, -0.15) is 0 Å². The SMILES string of the molecule is CC(=O)NCC(=O)Nc1ccc2nc(N3CCOCC3)cc(C)c2c1. The maximum atomic E-state index is 11.8. The Hall–Kier alpha value is -2.67. The normalized spacial score (nSPS) is 14.4. The highest BCUT2D eigenvalue weighted by molar-refractivity contribution is 5.97. The van der Waals surface area contributed by atoms with Crippen LogP contribution in [0.3, 0.4) is 0 Å². The number of fused-ring (bicyclic) bond motifs is 1. The molecule has 1 aliphatic heterocycles. The number of benzene rings is 1. The Morgan fingerprint density at radius 1 is 1.24 bits per heavy atom. The molecule has 2 amide bonds. The third-order valence-corrected chi connectivity index (χ3v) is 4.12. The topological polar surface area (TPSA) is 83.6 Å². The van der Waals surface area contributed by atoms with Crippen molar-refractivity contribution in [3.05, 3.63) is 29.8 Å². The van der Waals surface area contributed by atoms with Gasteiger partial charge in [0.15, 0.2) is 0 Å². The van der Waals surface area contributed by atoms with Crippen molar-refractivity contribution in [2.75, 3.05) is 43.1 Å². The minimum Gasteiger partial charge on any atom is -0.378 e. The van der Waals surface area contributed by atoms with Crippen LogP contribution in [-0.2, 0) is 14.3 Å². The van der Waals surface area contributed by atoms with Crippen LogP contribution >= 0.6 is 0 Å². The van der Waals surface area contributed by atoms with Gasteiger partial charge in [-0.3, -0.25) is 9.59 Å². The molecule has 2 heterocycles. The summed E-state index contributed by atoms with van der Waals surface area (Å²) in [6.45, 7) is 6.50. The average molecular weight is 342 g/mol. The molecule has 1 aromatic heterocycles. The monoisotopic (exact) mass is 342 g/mol. The molecule has 0 bridgehead atoms. The first-order chi connectivity index (χ1) is 12.0. The van der Waals surface area contributed by atoms with E-state index in [1.165, 1.54) is 6.92 Å². The summed E-state index contributed by atoms with van der Waals surface area (Å²) >= 11 is 0. The summed E-state index contributed by atoms with van der Waals surface area (Å²) in [5.74, 6) is 0.463. The van der Waals surface area contributed by atoms with Crippen molar-refractivity contribution in [3.8, 4) is 0 Å². The van der Waals surface area contributed by atoms with E-state index in [0.717, 1.165) is 48.6 Å². The number of hydrogen-bond donors (Lipinski definition) is 2. The second kappa shape index (κ2) is 7.48. The Kier molecular flexibility index (Phi) is 5.14. The van der Waals surface area contributed by atoms with E-state index in [-0.39, 0.29) is 18.4 Å². The van der Waals surface area contributed by atoms with Crippen molar-refractivity contribution in [2.45, 2.75) is 13.8 Å². The molecule has 7 heteroatoms. The predicted molar refractivity (Wildman–Crippen MR) is 96.8 cm³/mol. The quantitative estimate of drug-likeness (QED) is 0.879. The molecule has 0 spiro atoms. The molecule has 132 valence electrons. The fraction of sp³-hybridized carbons (Fsp3) is 0.389. The fourth-order valence-electron chi connectivity index (χ4n) is 2.82. The summed E-state index contributed by atoms with van der Waals surface area (Å²) in [5, 5.41) is 6.26. The lowest BCUT2D eigenvalue weighted by Crippen LogP contribution is -2.36. The van der Waals surface area contributed by atoms with Crippen LogP contribution < -0.4 is 15.5 Å². The average Bonchev–Trinajstić information content (AvgIpc) is 2.61. The van der Waals surface area contributed by atoms with Crippen LogP contribution in [0.2, 0.25) is 0 Å². The summed E-state index contributed by atoms with van der Waals surface area (Å²) in [6.07, 6.45) is 0. The zero-order valence-corrected chi connectivity index (χ0v) is 14.5. The van der Waals surface area contributed by atoms with Gasteiger partial charge in [-0.05, 0) is 36.8 Å². The van der Waals surface area contributed by atoms with Gasteiger partial charge in [0.05, 0.1) is 25.3 Å². The van der Waals surface area contributed by atoms with Crippen molar-refractivity contribution >= 4 is 34.2 Å². The molecule has 2 aromatic rings. The minimum atomic E-state index is -0.259. The van der Waals surface area contributed by atoms with Gasteiger partial charge in [-0.25, -0.2) is 4.98 Å². The Bertz CT molecular complexity index is 800. The van der Waals surface area contributed by atoms with E-state index in [4.69, 9.17) is 9.72 Å². The number of morpholine rings is 1. The Labute approximate surface area is 146 Å². The van der Waals surface area contributed by atoms with Crippen molar-refractivity contribution in [1.82, 2.24) is 10.3 Å². The van der Waals surface area contributed by atoms with Crippen LogP contribution in [0, 0.1) is 6.92 Å². The van der Waals surface area contributed by atoms with Crippen molar-refractivity contribution < 1.29 is 14.3 Å². The lowest BCUT2D eigenvalue weighted by Gasteiger charge is -2.28. The van der Waals surface area contributed by atoms with Crippen LogP contribution in [0.5, 0.6) is 0 Å². The number of anilines is 2. The summed E-state index contributed by atoms with van der Waals surface area (Å²) in [5.41, 5.74) is 2.68. The number of pyridine rings is 1. The first kappa shape index (κ1) is 17.2. The Morgan fingerprint density at radius 3 is 2.72 bits per heavy atom. The Morgan fingerprint density at radius 2 is 2.00 bits per heavy atom. The summed E-state index contributed by atoms with van der Waals surface area (Å²) < 4.78 is 5.39. The van der Waals surface area contributed by atoms with Gasteiger partial charge in [-0.1, -0.05) is 0 Å². The van der Waals surface area contributed by atoms with Crippen molar-refractivity contribution in [3.63, 3.8) is 0 Å². The third kappa shape index (κ3) is 4.24. The number of amides is 2. The molecule has 0 saturated carbocycles. The minimum absolute atomic E-state index is 0.0411. The third-order valence-electron chi connectivity index (χ3n) is 4.12. The maximum absolute atomic E-state index is 11.8. The van der Waals surface area contributed by atoms with Gasteiger partial charge < -0.3 is 20.3 Å². The first-order valence-corrected chi connectivity index (χ1v) is 8.31. The van der Waals surface area contributed by atoms with Crippen molar-refractivity contribution in [2.24, 2.45) is 0 Å². The number of hydrogen-bond acceptors (Lipinski definition) is 5. The molecule has 25 heavy (non-hydrogen) atoms. The molecule has 1 aliphatic rings. The van der Waals surface area contributed by atoms with Gasteiger partial charge in [0.1, 0.15) is 5.82 Å². The first-order valence-electron chi connectivity index (χ1n) is 8.31. The largest absolute Gasteiger partial charge is 0.378 e. The molecule has 0 radical (unpaired) electrons. The molecule has 1 aromatic carbocycles. The smallest absolute Gasteiger partial charge is 0.243 e. The van der Waals surface area contributed by atoms with Crippen LogP contribution in [-0.4, -0.2) is 49.6 Å². The fourth-order valence-corrected chi connectivity index (χ4v) is 2.82. The molecule has 1 saturated heterocycles. The van der Waals surface area contributed by atoms with E-state index in [9.17, 15) is 9.59 Å². The Balaban J connectivity index is 1.79. The van der Waals surface area contributed by atoms with Crippen LogP contribution in [0.15, 0.2) is 24.3 Å². The highest BCUT2D eigenvalue weighted by atomic mass is 16.5. The highest BCUT2D eigenvalue weighted by Gasteiger charge is 2.14. The van der Waals surface area contributed by atoms with Crippen LogP contribution in [0.25, 0.3) is 10.9 Å². The molecule has 3 rings (SSSR count). The molecule has 0 atom stereocenters. The molecular formula is C18H22N4O3. The second-order valence-electron chi connectivity index (χ2n) is 6.09. The van der Waals surface area contributed by atoms with Gasteiger partial charge in [0.2, 0.25) is 11.8 Å². The number of nitrogens with one attached hydrogen (secondary N) is 2. The number of ether oxygens (including phenoxy) is 1. The van der Waals surface area contributed by atoms with E-state index in [1.807, 2.05) is 25.1 Å². The molecule has 2 N–H and O–H groups in total. The second-order valence-corrected chi connectivity index (χ2v) is 6.09. The van der Waals surface area contributed by atoms with E-state index in [1.54, 1.807) is 0 Å². The van der Waals surface area contributed by atoms with Gasteiger partial charge >= 0.3 is 0 Å². The standard InChI is InChI=1S/C18H22N4O3/c1-12-9-17(22-5-7-25-8-6-22)21-16-4-3-14(10-15(12)16)20-18(24)11-19-13(2)23/h3-4,9-10H,5-8,11H2,1-2H3,(H,19,23)(H,20,24). The number of nitrogens with zero attached hydrogens (tertiary/aromatic N) is 2. The molecule has 7 nitrogen and oxygen atoms in total. The zero-order valence-electron chi connectivity index (χ0n) is 14.5. The van der Waals surface area contributed by atoms with Crippen LogP contribution in [0.4, 0.5) is 11.5 Å². The summed E-state index contributed by atoms with van der Waals surface area (Å²) in [6, 6.07) is 7.70. The lowest BCUT2D eigenvalue weighted by molar-refractivity contribution is -0.122. The van der Waals surface area contributed by atoms with Gasteiger partial charge in [-0.15, -0.1) is 0 Å². The number of aromatic nitrogens is 1. The van der Waals surface area contributed by atoms with Gasteiger partial charge in [0, 0.05) is 31.1 Å². The molecular weight excluding hydrogens is 320 g/mol. The lowest BCUT2D eigenvalue weighted by atomic mass is 10.1. The van der Waals surface area contributed by atoms with E-state index in [0.29, 0.717) is 5.69 Å². The van der Waals surface area contributed by atoms with Gasteiger partial charge in [0.25, 0.3) is 0 Å². The van der Waals surface area contributed by atoms with E-state index < -0.39 is 0 Å². The highest BCUT2D eigenvalue weighted by Crippen LogP contribution is 2.25. The number of carbonyl (C=O) groups excluding carboxylic acids is 2. The van der Waals surface area contributed by atoms with E-state index in [2.05, 4.69) is 21.6 Å². The number of carbonyl (C=O) groups is 2. The van der Waals surface area contributed by atoms with Crippen LogP contribution in [0.1, 0.15) is 12.5 Å². The molecule has 0 unspecified atom stereocenters. The molecule has 1 fully saturated rings. The summed E-state index contributed by atoms with van der Waals surface area (Å²) in [4.78, 5) is 29.7. The zero-order chi connectivity index (χ0) is 17.8. The predicted octanol–water partition coefficient (Wildman–Crippen LogP) is 1.45. The van der Waals surface area contributed by atoms with E-state index >= 15 is 0 Å². The van der Waals surface area contributed by atoms with Crippen molar-refractivity contribution in [1.29, 1.82) is 0 Å².